The summed E-state index contributed by atoms with van der Waals surface area (Å²) in [4.78, 5) is 13.9. The maximum Gasteiger partial charge on any atom is 0.346 e. The molecule has 39 heavy (non-hydrogen) atoms. The molecule has 0 saturated carbocycles. The van der Waals surface area contributed by atoms with E-state index in [4.69, 9.17) is 0 Å². The zero-order valence-electron chi connectivity index (χ0n) is 23.3. The van der Waals surface area contributed by atoms with Crippen molar-refractivity contribution in [2.24, 2.45) is 0 Å². The zero-order valence-corrected chi connectivity index (χ0v) is 24.1. The van der Waals surface area contributed by atoms with Crippen molar-refractivity contribution in [3.05, 3.63) is 48.5 Å². The molecule has 4 saturated heterocycles. The van der Waals surface area contributed by atoms with Gasteiger partial charge >= 0.3 is 14.0 Å². The van der Waals surface area contributed by atoms with Crippen molar-refractivity contribution in [2.45, 2.75) is 61.2 Å². The smallest absolute Gasteiger partial charge is 0.324 e. The molecule has 8 rings (SSSR count). The molecule has 4 fully saturated rings. The highest BCUT2D eigenvalue weighted by Gasteiger charge is 2.38. The van der Waals surface area contributed by atoms with Crippen molar-refractivity contribution in [1.82, 2.24) is 19.2 Å². The van der Waals surface area contributed by atoms with E-state index in [9.17, 15) is 0 Å². The fourth-order valence-electron chi connectivity index (χ4n) is 8.28. The van der Waals surface area contributed by atoms with E-state index in [1.807, 2.05) is 11.8 Å². The lowest BCUT2D eigenvalue weighted by Gasteiger charge is -2.34. The summed E-state index contributed by atoms with van der Waals surface area (Å²) < 4.78 is 0. The number of benzene rings is 3. The van der Waals surface area contributed by atoms with E-state index in [-0.39, 0.29) is 0 Å². The largest absolute Gasteiger partial charge is 0.346 e. The van der Waals surface area contributed by atoms with Crippen LogP contribution in [0.1, 0.15) is 51.4 Å². The Morgan fingerprint density at radius 3 is 1.64 bits per heavy atom. The Bertz CT molecular complexity index is 1330. The lowest BCUT2D eigenvalue weighted by Crippen LogP contribution is -2.58. The molecule has 0 N–H and O–H groups in total. The summed E-state index contributed by atoms with van der Waals surface area (Å²) in [6.07, 6.45) is 10.7. The topological polar surface area (TPSA) is 13.0 Å². The highest BCUT2D eigenvalue weighted by atomic mass is 32.2. The van der Waals surface area contributed by atoms with Crippen molar-refractivity contribution in [3.8, 4) is 11.1 Å². The molecular formula is C32H40B2N4S. The SMILES string of the molecule is c1cc2c3c(ccc(B(N4CCCC4)N4CCCC4)c3c1)-c1ccc(B(N3CCCC3)N3CCCC3)cc1S2. The van der Waals surface area contributed by atoms with Crippen molar-refractivity contribution >= 4 is 47.4 Å². The maximum atomic E-state index is 2.77. The van der Waals surface area contributed by atoms with Crippen LogP contribution in [0.25, 0.3) is 21.9 Å². The van der Waals surface area contributed by atoms with Gasteiger partial charge in [-0.15, -0.1) is 0 Å². The van der Waals surface area contributed by atoms with E-state index in [1.54, 1.807) is 0 Å². The normalized spacial score (nSPS) is 22.3. The second-order valence-corrected chi connectivity index (χ2v) is 13.5. The summed E-state index contributed by atoms with van der Waals surface area (Å²) in [6.45, 7) is 10.8. The van der Waals surface area contributed by atoms with Crippen LogP contribution in [0.5, 0.6) is 0 Å². The average Bonchev–Trinajstić information content (AvgIpc) is 3.80. The maximum absolute atomic E-state index is 2.77. The number of hydrogen-bond acceptors (Lipinski definition) is 5. The van der Waals surface area contributed by atoms with E-state index < -0.39 is 0 Å². The minimum absolute atomic E-state index is 0.426. The van der Waals surface area contributed by atoms with E-state index in [2.05, 4.69) is 67.8 Å². The fraction of sp³-hybridized carbons (Fsp3) is 0.500. The quantitative estimate of drug-likeness (QED) is 0.331. The lowest BCUT2D eigenvalue weighted by molar-refractivity contribution is 0.436. The average molecular weight is 534 g/mol. The predicted molar refractivity (Wildman–Crippen MR) is 168 cm³/mol. The molecule has 0 spiro atoms. The Hall–Kier alpha value is -1.76. The van der Waals surface area contributed by atoms with Crippen LogP contribution in [0, 0.1) is 0 Å². The standard InChI is InChI=1S/C32H40B2N4S/c1-2-17-35(16-1)33(36-18-3-4-19-36)25-12-13-26-27-14-15-29(28-10-9-11-30(32(27)28)39-31(26)24-25)34(37-20-5-6-21-37)38-22-7-8-23-38/h9-15,24H,1-8,16-23H2. The Labute approximate surface area is 239 Å². The number of rotatable bonds is 6. The third-order valence-corrected chi connectivity index (χ3v) is 11.2. The Balaban J connectivity index is 1.21. The van der Waals surface area contributed by atoms with Crippen LogP contribution in [0.15, 0.2) is 58.3 Å². The van der Waals surface area contributed by atoms with Crippen LogP contribution in [0.2, 0.25) is 0 Å². The molecule has 5 heterocycles. The van der Waals surface area contributed by atoms with Crippen LogP contribution < -0.4 is 10.9 Å². The minimum Gasteiger partial charge on any atom is -0.324 e. The first-order valence-corrected chi connectivity index (χ1v) is 16.5. The van der Waals surface area contributed by atoms with Gasteiger partial charge in [-0.2, -0.15) is 0 Å². The molecule has 5 aliphatic heterocycles. The molecular weight excluding hydrogens is 494 g/mol. The van der Waals surface area contributed by atoms with Gasteiger partial charge in [0.05, 0.1) is 0 Å². The summed E-state index contributed by atoms with van der Waals surface area (Å²) in [5.74, 6) is 0. The van der Waals surface area contributed by atoms with E-state index in [0.29, 0.717) is 14.0 Å². The molecule has 0 bridgehead atoms. The van der Waals surface area contributed by atoms with Gasteiger partial charge in [0.2, 0.25) is 0 Å². The Kier molecular flexibility index (Phi) is 6.78. The number of hydrogen-bond donors (Lipinski definition) is 0. The molecule has 200 valence electrons. The van der Waals surface area contributed by atoms with Crippen LogP contribution in [0.4, 0.5) is 0 Å². The van der Waals surface area contributed by atoms with E-state index in [1.165, 1.54) is 146 Å². The molecule has 0 aromatic heterocycles. The van der Waals surface area contributed by atoms with Crippen molar-refractivity contribution in [1.29, 1.82) is 0 Å². The highest BCUT2D eigenvalue weighted by molar-refractivity contribution is 7.99. The Morgan fingerprint density at radius 1 is 0.513 bits per heavy atom. The van der Waals surface area contributed by atoms with Crippen LogP contribution in [-0.4, -0.2) is 85.6 Å². The molecule has 3 aromatic rings. The summed E-state index contributed by atoms with van der Waals surface area (Å²) in [7, 11) is 0. The fourth-order valence-corrected chi connectivity index (χ4v) is 9.47. The zero-order chi connectivity index (χ0) is 25.8. The van der Waals surface area contributed by atoms with Gasteiger partial charge < -0.3 is 19.2 Å². The highest BCUT2D eigenvalue weighted by Crippen LogP contribution is 2.47. The number of fused-ring (bicyclic) bond motifs is 2. The molecule has 0 aliphatic carbocycles. The van der Waals surface area contributed by atoms with Gasteiger partial charge in [-0.05, 0) is 137 Å². The van der Waals surface area contributed by atoms with Crippen molar-refractivity contribution in [2.75, 3.05) is 52.4 Å². The number of nitrogens with zero attached hydrogens (tertiary/aromatic N) is 4. The predicted octanol–water partition coefficient (Wildman–Crippen LogP) is 4.75. The monoisotopic (exact) mass is 534 g/mol. The first kappa shape index (κ1) is 25.0. The first-order chi connectivity index (χ1) is 19.3. The van der Waals surface area contributed by atoms with Crippen LogP contribution in [-0.2, 0) is 0 Å². The van der Waals surface area contributed by atoms with Gasteiger partial charge in [-0.25, -0.2) is 0 Å². The molecule has 5 aliphatic rings. The third-order valence-electron chi connectivity index (χ3n) is 10.1. The molecule has 3 aromatic carbocycles. The van der Waals surface area contributed by atoms with Crippen LogP contribution in [0.3, 0.4) is 0 Å². The van der Waals surface area contributed by atoms with Gasteiger partial charge in [0.15, 0.2) is 0 Å². The van der Waals surface area contributed by atoms with Crippen LogP contribution >= 0.6 is 11.8 Å². The Morgan fingerprint density at radius 2 is 1.05 bits per heavy atom. The molecule has 0 atom stereocenters. The lowest BCUT2D eigenvalue weighted by atomic mass is 9.62. The van der Waals surface area contributed by atoms with Gasteiger partial charge in [-0.3, -0.25) is 0 Å². The molecule has 0 radical (unpaired) electrons. The summed E-state index contributed by atoms with van der Waals surface area (Å²) in [5, 5.41) is 2.96. The van der Waals surface area contributed by atoms with Gasteiger partial charge in [-0.1, -0.05) is 54.2 Å². The molecule has 0 amide bonds. The minimum atomic E-state index is 0.426. The summed E-state index contributed by atoms with van der Waals surface area (Å²) in [6, 6.07) is 19.5. The second kappa shape index (κ2) is 10.6. The summed E-state index contributed by atoms with van der Waals surface area (Å²) in [5.41, 5.74) is 5.90. The summed E-state index contributed by atoms with van der Waals surface area (Å²) >= 11 is 2.01. The van der Waals surface area contributed by atoms with Gasteiger partial charge in [0.1, 0.15) is 0 Å². The van der Waals surface area contributed by atoms with Crippen molar-refractivity contribution < 1.29 is 0 Å². The third kappa shape index (κ3) is 4.40. The van der Waals surface area contributed by atoms with Gasteiger partial charge in [0.25, 0.3) is 0 Å². The van der Waals surface area contributed by atoms with E-state index >= 15 is 0 Å². The van der Waals surface area contributed by atoms with E-state index in [0.717, 1.165) is 0 Å². The molecule has 7 heteroatoms. The van der Waals surface area contributed by atoms with Crippen molar-refractivity contribution in [3.63, 3.8) is 0 Å². The molecule has 0 unspecified atom stereocenters. The molecule has 4 nitrogen and oxygen atoms in total. The first-order valence-electron chi connectivity index (χ1n) is 15.7. The van der Waals surface area contributed by atoms with Gasteiger partial charge in [0, 0.05) is 15.2 Å². The second-order valence-electron chi connectivity index (χ2n) is 12.5.